The highest BCUT2D eigenvalue weighted by Gasteiger charge is 2.27. The van der Waals surface area contributed by atoms with Crippen molar-refractivity contribution in [3.63, 3.8) is 0 Å². The zero-order chi connectivity index (χ0) is 14.9. The molecule has 1 aliphatic rings. The fraction of sp³-hybridized carbons (Fsp3) is 0.400. The van der Waals surface area contributed by atoms with Gasteiger partial charge in [0.1, 0.15) is 10.8 Å². The van der Waals surface area contributed by atoms with Gasteiger partial charge in [-0.2, -0.15) is 5.10 Å². The monoisotopic (exact) mass is 314 g/mol. The Kier molecular flexibility index (Phi) is 3.51. The van der Waals surface area contributed by atoms with Crippen molar-refractivity contribution < 1.29 is 0 Å². The molecule has 0 unspecified atom stereocenters. The van der Waals surface area contributed by atoms with E-state index in [4.69, 9.17) is 0 Å². The lowest BCUT2D eigenvalue weighted by atomic mass is 10.2. The van der Waals surface area contributed by atoms with Gasteiger partial charge < -0.3 is 4.57 Å². The average Bonchev–Trinajstić information content (AvgIpc) is 3.25. The molecule has 0 spiro atoms. The zero-order valence-electron chi connectivity index (χ0n) is 12.5. The molecule has 3 aromatic heterocycles. The van der Waals surface area contributed by atoms with Crippen molar-refractivity contribution in [2.45, 2.75) is 32.6 Å². The molecule has 7 heteroatoms. The van der Waals surface area contributed by atoms with Crippen LogP contribution < -0.4 is 0 Å². The highest BCUT2D eigenvalue weighted by Crippen LogP contribution is 2.27. The number of aromatic nitrogens is 5. The van der Waals surface area contributed by atoms with E-state index in [2.05, 4.69) is 31.5 Å². The summed E-state index contributed by atoms with van der Waals surface area (Å²) in [5.41, 5.74) is 1.22. The van der Waals surface area contributed by atoms with Gasteiger partial charge in [-0.1, -0.05) is 0 Å². The second kappa shape index (κ2) is 5.66. The Morgan fingerprint density at radius 2 is 2.18 bits per heavy atom. The summed E-state index contributed by atoms with van der Waals surface area (Å²) in [4.78, 5) is 11.5. The molecule has 3 aromatic rings. The summed E-state index contributed by atoms with van der Waals surface area (Å²) < 4.78 is 4.28. The number of nitrogens with zero attached hydrogens (tertiary/aromatic N) is 6. The molecule has 114 valence electrons. The topological polar surface area (TPSA) is 51.8 Å². The third-order valence-corrected chi connectivity index (χ3v) is 4.97. The fourth-order valence-electron chi connectivity index (χ4n) is 3.01. The van der Waals surface area contributed by atoms with Crippen LogP contribution in [0.4, 0.5) is 0 Å². The van der Waals surface area contributed by atoms with Gasteiger partial charge >= 0.3 is 0 Å². The van der Waals surface area contributed by atoms with Gasteiger partial charge in [-0.15, -0.1) is 11.3 Å². The number of rotatable bonds is 4. The molecule has 6 nitrogen and oxygen atoms in total. The zero-order valence-corrected chi connectivity index (χ0v) is 13.3. The lowest BCUT2D eigenvalue weighted by Crippen LogP contribution is -2.37. The van der Waals surface area contributed by atoms with E-state index in [1.54, 1.807) is 11.3 Å². The van der Waals surface area contributed by atoms with E-state index >= 15 is 0 Å². The number of thiazole rings is 1. The first-order chi connectivity index (χ1) is 10.8. The molecule has 4 heterocycles. The van der Waals surface area contributed by atoms with E-state index in [9.17, 15) is 0 Å². The van der Waals surface area contributed by atoms with Crippen LogP contribution in [0.5, 0.6) is 0 Å². The Bertz CT molecular complexity index is 730. The Morgan fingerprint density at radius 1 is 1.23 bits per heavy atom. The summed E-state index contributed by atoms with van der Waals surface area (Å²) in [6.07, 6.45) is 7.66. The Hall–Kier alpha value is -1.99. The highest BCUT2D eigenvalue weighted by molar-refractivity contribution is 7.09. The van der Waals surface area contributed by atoms with Crippen molar-refractivity contribution in [2.24, 2.45) is 0 Å². The van der Waals surface area contributed by atoms with Crippen molar-refractivity contribution >= 4 is 11.3 Å². The average molecular weight is 314 g/mol. The normalized spacial score (nSPS) is 18.5. The van der Waals surface area contributed by atoms with E-state index in [0.29, 0.717) is 6.04 Å². The standard InChI is InChI=1S/C15H18N6S/c1-12-15-17-9-13(10-20-5-2-3-18-20)21(15)7-6-19(12)11-14-16-4-8-22-14/h2-5,8-9,12H,6-7,10-11H2,1H3/t12-/m1/s1. The van der Waals surface area contributed by atoms with Crippen molar-refractivity contribution in [3.05, 3.63) is 52.8 Å². The van der Waals surface area contributed by atoms with E-state index in [1.165, 1.54) is 10.7 Å². The molecule has 0 saturated heterocycles. The van der Waals surface area contributed by atoms with Crippen LogP contribution in [0, 0.1) is 0 Å². The van der Waals surface area contributed by atoms with Crippen LogP contribution in [0.2, 0.25) is 0 Å². The highest BCUT2D eigenvalue weighted by atomic mass is 32.1. The first kappa shape index (κ1) is 13.7. The summed E-state index contributed by atoms with van der Waals surface area (Å²) in [5, 5.41) is 7.49. The molecular weight excluding hydrogens is 296 g/mol. The molecule has 0 aliphatic carbocycles. The minimum absolute atomic E-state index is 0.309. The molecule has 0 bridgehead atoms. The maximum Gasteiger partial charge on any atom is 0.126 e. The smallest absolute Gasteiger partial charge is 0.126 e. The first-order valence-corrected chi connectivity index (χ1v) is 8.33. The van der Waals surface area contributed by atoms with E-state index < -0.39 is 0 Å². The summed E-state index contributed by atoms with van der Waals surface area (Å²) in [5.74, 6) is 1.14. The van der Waals surface area contributed by atoms with Gasteiger partial charge in [0.15, 0.2) is 0 Å². The van der Waals surface area contributed by atoms with Gasteiger partial charge in [0, 0.05) is 37.1 Å². The van der Waals surface area contributed by atoms with Gasteiger partial charge in [-0.25, -0.2) is 9.97 Å². The molecule has 1 aliphatic heterocycles. The number of hydrogen-bond donors (Lipinski definition) is 0. The maximum absolute atomic E-state index is 4.66. The minimum Gasteiger partial charge on any atom is -0.328 e. The van der Waals surface area contributed by atoms with Crippen LogP contribution in [-0.4, -0.2) is 35.8 Å². The van der Waals surface area contributed by atoms with Crippen molar-refractivity contribution in [2.75, 3.05) is 6.54 Å². The van der Waals surface area contributed by atoms with Gasteiger partial charge in [-0.3, -0.25) is 9.58 Å². The molecule has 1 atom stereocenters. The summed E-state index contributed by atoms with van der Waals surface area (Å²) >= 11 is 1.72. The number of imidazole rings is 1. The lowest BCUT2D eigenvalue weighted by Gasteiger charge is -2.33. The van der Waals surface area contributed by atoms with E-state index in [1.807, 2.05) is 40.9 Å². The summed E-state index contributed by atoms with van der Waals surface area (Å²) in [7, 11) is 0. The third kappa shape index (κ3) is 2.46. The SMILES string of the molecule is C[C@@H]1c2ncc(Cn3cccn3)n2CCN1Cc1nccs1. The van der Waals surface area contributed by atoms with Crippen LogP contribution in [0.25, 0.3) is 0 Å². The van der Waals surface area contributed by atoms with Crippen LogP contribution in [0.1, 0.15) is 29.5 Å². The Labute approximate surface area is 133 Å². The summed E-state index contributed by atoms with van der Waals surface area (Å²) in [6, 6.07) is 2.26. The molecule has 4 rings (SSSR count). The van der Waals surface area contributed by atoms with Crippen molar-refractivity contribution in [3.8, 4) is 0 Å². The summed E-state index contributed by atoms with van der Waals surface area (Å²) in [6.45, 7) is 5.90. The molecule has 0 fully saturated rings. The Morgan fingerprint density at radius 3 is 2.95 bits per heavy atom. The molecule has 22 heavy (non-hydrogen) atoms. The quantitative estimate of drug-likeness (QED) is 0.740. The minimum atomic E-state index is 0.309. The largest absolute Gasteiger partial charge is 0.328 e. The molecule has 0 amide bonds. The van der Waals surface area contributed by atoms with E-state index in [-0.39, 0.29) is 0 Å². The van der Waals surface area contributed by atoms with Crippen LogP contribution in [0.15, 0.2) is 36.2 Å². The van der Waals surface area contributed by atoms with Crippen LogP contribution in [0.3, 0.4) is 0 Å². The lowest BCUT2D eigenvalue weighted by molar-refractivity contribution is 0.154. The molecule has 0 saturated carbocycles. The molecule has 0 radical (unpaired) electrons. The third-order valence-electron chi connectivity index (χ3n) is 4.21. The molecular formula is C15H18N6S. The van der Waals surface area contributed by atoms with Gasteiger partial charge in [0.05, 0.1) is 31.0 Å². The van der Waals surface area contributed by atoms with Gasteiger partial charge in [-0.05, 0) is 13.0 Å². The fourth-order valence-corrected chi connectivity index (χ4v) is 3.65. The van der Waals surface area contributed by atoms with Crippen molar-refractivity contribution in [1.29, 1.82) is 0 Å². The maximum atomic E-state index is 4.66. The predicted molar refractivity (Wildman–Crippen MR) is 84.5 cm³/mol. The first-order valence-electron chi connectivity index (χ1n) is 7.45. The number of fused-ring (bicyclic) bond motifs is 1. The van der Waals surface area contributed by atoms with Crippen LogP contribution in [-0.2, 0) is 19.6 Å². The predicted octanol–water partition coefficient (Wildman–Crippen LogP) is 2.16. The van der Waals surface area contributed by atoms with Crippen molar-refractivity contribution in [1.82, 2.24) is 29.2 Å². The van der Waals surface area contributed by atoms with Gasteiger partial charge in [0.25, 0.3) is 0 Å². The number of hydrogen-bond acceptors (Lipinski definition) is 5. The Balaban J connectivity index is 1.54. The second-order valence-corrected chi connectivity index (χ2v) is 6.51. The van der Waals surface area contributed by atoms with Crippen LogP contribution >= 0.6 is 11.3 Å². The molecule has 0 N–H and O–H groups in total. The second-order valence-electron chi connectivity index (χ2n) is 5.54. The van der Waals surface area contributed by atoms with E-state index in [0.717, 1.165) is 32.0 Å². The van der Waals surface area contributed by atoms with Gasteiger partial charge in [0.2, 0.25) is 0 Å². The molecule has 0 aromatic carbocycles.